The smallest absolute Gasteiger partial charge is 0.279 e. The molecule has 1 aliphatic heterocycles. The molecule has 0 spiro atoms. The van der Waals surface area contributed by atoms with E-state index < -0.39 is 0 Å². The number of carbonyl (C=O) groups excluding carboxylic acids is 1. The molecule has 4 rings (SSSR count). The Labute approximate surface area is 176 Å². The quantitative estimate of drug-likeness (QED) is 0.628. The summed E-state index contributed by atoms with van der Waals surface area (Å²) < 4.78 is 12.9. The number of anilines is 1. The predicted octanol–water partition coefficient (Wildman–Crippen LogP) is 2.96. The van der Waals surface area contributed by atoms with Crippen molar-refractivity contribution in [1.82, 2.24) is 14.7 Å². The molecule has 30 heavy (non-hydrogen) atoms. The van der Waals surface area contributed by atoms with Gasteiger partial charge in [-0.05, 0) is 30.7 Å². The summed E-state index contributed by atoms with van der Waals surface area (Å²) in [5.41, 5.74) is 3.25. The van der Waals surface area contributed by atoms with E-state index >= 15 is 0 Å². The van der Waals surface area contributed by atoms with Crippen molar-refractivity contribution in [1.29, 1.82) is 0 Å². The van der Waals surface area contributed by atoms with E-state index in [9.17, 15) is 4.79 Å². The Balaban J connectivity index is 1.68. The third-order valence-electron chi connectivity index (χ3n) is 5.58. The fourth-order valence-corrected chi connectivity index (χ4v) is 3.86. The topological polar surface area (TPSA) is 59.8 Å². The maximum atomic E-state index is 13.4. The van der Waals surface area contributed by atoms with E-state index in [1.165, 1.54) is 0 Å². The van der Waals surface area contributed by atoms with Crippen LogP contribution in [0.15, 0.2) is 42.5 Å². The average molecular weight is 409 g/mol. The number of hydrogen-bond acceptors (Lipinski definition) is 5. The standard InChI is InChI=1S/C23H28N4O3/c1-17-6-4-7-18(16-17)25(2)23(28)21-19-8-5-9-20(29-3)22(19)27(24-21)11-10-26-12-14-30-15-13-26/h4-9,16H,10-15H2,1-3H3. The third-order valence-corrected chi connectivity index (χ3v) is 5.58. The molecular formula is C23H28N4O3. The molecule has 7 heteroatoms. The van der Waals surface area contributed by atoms with Crippen LogP contribution in [0.3, 0.4) is 0 Å². The van der Waals surface area contributed by atoms with Crippen molar-refractivity contribution < 1.29 is 14.3 Å². The van der Waals surface area contributed by atoms with E-state index in [-0.39, 0.29) is 5.91 Å². The summed E-state index contributed by atoms with van der Waals surface area (Å²) in [5, 5.41) is 5.55. The molecule has 0 unspecified atom stereocenters. The van der Waals surface area contributed by atoms with Crippen molar-refractivity contribution in [2.24, 2.45) is 0 Å². The van der Waals surface area contributed by atoms with Crippen LogP contribution in [0.1, 0.15) is 16.1 Å². The largest absolute Gasteiger partial charge is 0.494 e. The molecular weight excluding hydrogens is 380 g/mol. The lowest BCUT2D eigenvalue weighted by molar-refractivity contribution is 0.0361. The monoisotopic (exact) mass is 408 g/mol. The van der Waals surface area contributed by atoms with Crippen LogP contribution in [0.4, 0.5) is 5.69 Å². The summed E-state index contributed by atoms with van der Waals surface area (Å²) >= 11 is 0. The molecule has 0 atom stereocenters. The lowest BCUT2D eigenvalue weighted by atomic mass is 10.1. The Morgan fingerprint density at radius 1 is 1.17 bits per heavy atom. The number of morpholine rings is 1. The van der Waals surface area contributed by atoms with Crippen LogP contribution in [-0.4, -0.2) is 67.6 Å². The first-order valence-electron chi connectivity index (χ1n) is 10.3. The molecule has 158 valence electrons. The van der Waals surface area contributed by atoms with Gasteiger partial charge in [0.2, 0.25) is 0 Å². The van der Waals surface area contributed by atoms with Crippen molar-refractivity contribution in [3.63, 3.8) is 0 Å². The third kappa shape index (κ3) is 4.04. The minimum Gasteiger partial charge on any atom is -0.494 e. The molecule has 3 aromatic rings. The van der Waals surface area contributed by atoms with Crippen LogP contribution in [0.5, 0.6) is 5.75 Å². The van der Waals surface area contributed by atoms with Crippen molar-refractivity contribution in [2.75, 3.05) is 51.9 Å². The van der Waals surface area contributed by atoms with Crippen LogP contribution in [0, 0.1) is 6.92 Å². The van der Waals surface area contributed by atoms with Crippen molar-refractivity contribution in [2.45, 2.75) is 13.5 Å². The Morgan fingerprint density at radius 3 is 2.67 bits per heavy atom. The molecule has 2 aromatic carbocycles. The van der Waals surface area contributed by atoms with Gasteiger partial charge in [-0.3, -0.25) is 14.4 Å². The summed E-state index contributed by atoms with van der Waals surface area (Å²) in [4.78, 5) is 17.4. The summed E-state index contributed by atoms with van der Waals surface area (Å²) in [7, 11) is 3.43. The normalized spacial score (nSPS) is 14.8. The van der Waals surface area contributed by atoms with Gasteiger partial charge in [-0.2, -0.15) is 5.10 Å². The highest BCUT2D eigenvalue weighted by Crippen LogP contribution is 2.29. The van der Waals surface area contributed by atoms with Crippen molar-refractivity contribution in [3.05, 3.63) is 53.7 Å². The minimum atomic E-state index is -0.135. The molecule has 0 bridgehead atoms. The number of amides is 1. The molecule has 0 radical (unpaired) electrons. The summed E-state index contributed by atoms with van der Waals surface area (Å²) in [6, 6.07) is 13.7. The zero-order chi connectivity index (χ0) is 21.1. The van der Waals surface area contributed by atoms with Crippen LogP contribution >= 0.6 is 0 Å². The number of aromatic nitrogens is 2. The lowest BCUT2D eigenvalue weighted by Crippen LogP contribution is -2.38. The number of aryl methyl sites for hydroxylation is 1. The van der Waals surface area contributed by atoms with Gasteiger partial charge in [-0.15, -0.1) is 0 Å². The number of carbonyl (C=O) groups is 1. The zero-order valence-electron chi connectivity index (χ0n) is 17.8. The van der Waals surface area contributed by atoms with Crippen LogP contribution < -0.4 is 9.64 Å². The average Bonchev–Trinajstić information content (AvgIpc) is 3.16. The number of benzene rings is 2. The van der Waals surface area contributed by atoms with Crippen LogP contribution in [0.25, 0.3) is 10.9 Å². The predicted molar refractivity (Wildman–Crippen MR) is 117 cm³/mol. The van der Waals surface area contributed by atoms with Gasteiger partial charge in [0.25, 0.3) is 5.91 Å². The first kappa shape index (κ1) is 20.4. The Hall–Kier alpha value is -2.90. The number of para-hydroxylation sites is 1. The van der Waals surface area contributed by atoms with E-state index in [1.54, 1.807) is 19.1 Å². The Bertz CT molecular complexity index is 1040. The SMILES string of the molecule is COc1cccc2c(C(=O)N(C)c3cccc(C)c3)nn(CCN3CCOCC3)c12. The maximum Gasteiger partial charge on any atom is 0.279 e. The van der Waals surface area contributed by atoms with E-state index in [0.29, 0.717) is 12.2 Å². The minimum absolute atomic E-state index is 0.135. The molecule has 1 amide bonds. The highest BCUT2D eigenvalue weighted by Gasteiger charge is 2.24. The summed E-state index contributed by atoms with van der Waals surface area (Å²) in [5.74, 6) is 0.586. The highest BCUT2D eigenvalue weighted by molar-refractivity contribution is 6.13. The number of methoxy groups -OCH3 is 1. The van der Waals surface area contributed by atoms with Crippen LogP contribution in [0.2, 0.25) is 0 Å². The van der Waals surface area contributed by atoms with Crippen molar-refractivity contribution >= 4 is 22.5 Å². The van der Waals surface area contributed by atoms with Gasteiger partial charge in [-0.25, -0.2) is 0 Å². The second-order valence-electron chi connectivity index (χ2n) is 7.59. The summed E-state index contributed by atoms with van der Waals surface area (Å²) in [6.45, 7) is 6.89. The first-order valence-corrected chi connectivity index (χ1v) is 10.3. The molecule has 0 aliphatic carbocycles. The number of rotatable bonds is 6. The molecule has 1 aromatic heterocycles. The maximum absolute atomic E-state index is 13.4. The van der Waals surface area contributed by atoms with E-state index in [1.807, 2.05) is 54.1 Å². The zero-order valence-corrected chi connectivity index (χ0v) is 17.8. The Morgan fingerprint density at radius 2 is 1.93 bits per heavy atom. The second-order valence-corrected chi connectivity index (χ2v) is 7.59. The van der Waals surface area contributed by atoms with E-state index in [2.05, 4.69) is 4.90 Å². The van der Waals surface area contributed by atoms with Gasteiger partial charge in [0.15, 0.2) is 5.69 Å². The number of fused-ring (bicyclic) bond motifs is 1. The Kier molecular flexibility index (Phi) is 6.01. The fourth-order valence-electron chi connectivity index (χ4n) is 3.86. The van der Waals surface area contributed by atoms with Crippen LogP contribution in [-0.2, 0) is 11.3 Å². The summed E-state index contributed by atoms with van der Waals surface area (Å²) in [6.07, 6.45) is 0. The van der Waals surface area contributed by atoms with Crippen molar-refractivity contribution in [3.8, 4) is 5.75 Å². The molecule has 0 saturated carbocycles. The number of nitrogens with zero attached hydrogens (tertiary/aromatic N) is 4. The molecule has 1 fully saturated rings. The van der Waals surface area contributed by atoms with Gasteiger partial charge in [-0.1, -0.05) is 24.3 Å². The second kappa shape index (κ2) is 8.85. The molecule has 2 heterocycles. The number of hydrogen-bond donors (Lipinski definition) is 0. The highest BCUT2D eigenvalue weighted by atomic mass is 16.5. The molecule has 1 aliphatic rings. The van der Waals surface area contributed by atoms with E-state index in [0.717, 1.165) is 60.8 Å². The van der Waals surface area contributed by atoms with Gasteiger partial charge < -0.3 is 14.4 Å². The van der Waals surface area contributed by atoms with Gasteiger partial charge in [0.05, 0.1) is 26.9 Å². The molecule has 1 saturated heterocycles. The number of ether oxygens (including phenoxy) is 2. The molecule has 7 nitrogen and oxygen atoms in total. The van der Waals surface area contributed by atoms with Gasteiger partial charge >= 0.3 is 0 Å². The fraction of sp³-hybridized carbons (Fsp3) is 0.391. The lowest BCUT2D eigenvalue weighted by Gasteiger charge is -2.26. The first-order chi connectivity index (χ1) is 14.6. The molecule has 0 N–H and O–H groups in total. The van der Waals surface area contributed by atoms with E-state index in [4.69, 9.17) is 14.6 Å². The van der Waals surface area contributed by atoms with Gasteiger partial charge in [0.1, 0.15) is 11.3 Å². The van der Waals surface area contributed by atoms with Gasteiger partial charge in [0, 0.05) is 37.8 Å².